The number of rotatable bonds is 2. The van der Waals surface area contributed by atoms with Gasteiger partial charge in [0.2, 0.25) is 0 Å². The van der Waals surface area contributed by atoms with E-state index in [0.717, 1.165) is 20.1 Å². The highest BCUT2D eigenvalue weighted by Gasteiger charge is 2.06. The summed E-state index contributed by atoms with van der Waals surface area (Å²) >= 11 is 3.73. The van der Waals surface area contributed by atoms with Crippen LogP contribution in [-0.2, 0) is 0 Å². The van der Waals surface area contributed by atoms with Crippen molar-refractivity contribution in [1.29, 1.82) is 0 Å². The van der Waals surface area contributed by atoms with Crippen molar-refractivity contribution >= 4 is 39.7 Å². The fraction of sp³-hybridized carbons (Fsp3) is 0.125. The number of anilines is 1. The molecule has 0 aliphatic carbocycles. The summed E-state index contributed by atoms with van der Waals surface area (Å²) in [6, 6.07) is 0. The summed E-state index contributed by atoms with van der Waals surface area (Å²) in [4.78, 5) is 13.6. The van der Waals surface area contributed by atoms with Crippen molar-refractivity contribution in [2.24, 2.45) is 0 Å². The highest BCUT2D eigenvalue weighted by Crippen LogP contribution is 2.22. The molecule has 0 unspecified atom stereocenters. The first kappa shape index (κ1) is 9.78. The third-order valence-corrected chi connectivity index (χ3v) is 3.19. The van der Waals surface area contributed by atoms with Gasteiger partial charge >= 0.3 is 0 Å². The Kier molecular flexibility index (Phi) is 2.92. The molecule has 1 N–H and O–H groups in total. The van der Waals surface area contributed by atoms with Gasteiger partial charge in [-0.15, -0.1) is 11.3 Å². The molecule has 0 aliphatic rings. The van der Waals surface area contributed by atoms with Crippen LogP contribution < -0.4 is 5.32 Å². The van der Waals surface area contributed by atoms with Gasteiger partial charge in [0.1, 0.15) is 5.82 Å². The number of aromatic nitrogens is 3. The molecule has 2 aromatic heterocycles. The maximum absolute atomic E-state index is 4.37. The van der Waals surface area contributed by atoms with E-state index in [1.54, 1.807) is 17.9 Å². The fourth-order valence-corrected chi connectivity index (χ4v) is 2.08. The largest absolute Gasteiger partial charge is 0.372 e. The van der Waals surface area contributed by atoms with Gasteiger partial charge in [0.25, 0.3) is 0 Å². The summed E-state index contributed by atoms with van der Waals surface area (Å²) in [6.07, 6.45) is 3.57. The summed E-state index contributed by atoms with van der Waals surface area (Å²) in [5, 5.41) is 3.02. The number of hydrogen-bond acceptors (Lipinski definition) is 5. The number of hydrogen-bond donors (Lipinski definition) is 1. The van der Waals surface area contributed by atoms with Crippen LogP contribution in [0.4, 0.5) is 5.82 Å². The molecular weight excluding hydrogens is 311 g/mol. The zero-order valence-electron chi connectivity index (χ0n) is 7.36. The Morgan fingerprint density at radius 1 is 1.43 bits per heavy atom. The van der Waals surface area contributed by atoms with E-state index in [9.17, 15) is 0 Å². The van der Waals surface area contributed by atoms with Crippen molar-refractivity contribution in [3.05, 3.63) is 21.5 Å². The smallest absolute Gasteiger partial charge is 0.173 e. The number of thiazole rings is 1. The van der Waals surface area contributed by atoms with Crippen LogP contribution in [0, 0.1) is 3.57 Å². The van der Waals surface area contributed by atoms with Crippen molar-refractivity contribution in [2.45, 2.75) is 0 Å². The zero-order chi connectivity index (χ0) is 9.97. The van der Waals surface area contributed by atoms with Crippen LogP contribution in [0.15, 0.2) is 17.9 Å². The molecule has 2 aromatic rings. The minimum Gasteiger partial charge on any atom is -0.372 e. The van der Waals surface area contributed by atoms with E-state index in [1.807, 2.05) is 7.05 Å². The molecule has 0 aliphatic heterocycles. The highest BCUT2D eigenvalue weighted by atomic mass is 127. The summed E-state index contributed by atoms with van der Waals surface area (Å²) in [7, 11) is 1.85. The van der Waals surface area contributed by atoms with Gasteiger partial charge in [-0.05, 0) is 22.6 Å². The lowest BCUT2D eigenvalue weighted by Gasteiger charge is -2.02. The summed E-state index contributed by atoms with van der Waals surface area (Å²) in [5.41, 5.74) is 1.77. The molecular formula is C8H7IN4S. The van der Waals surface area contributed by atoms with Crippen LogP contribution in [0.2, 0.25) is 0 Å². The van der Waals surface area contributed by atoms with E-state index in [1.165, 1.54) is 11.3 Å². The van der Waals surface area contributed by atoms with Crippen LogP contribution in [0.5, 0.6) is 0 Å². The standard InChI is InChI=1S/C8H7IN4S/c1-10-7-5(9)2-12-8(13-7)6-3-11-4-14-6/h2-4H,1H3,(H,10,12,13). The quantitative estimate of drug-likeness (QED) is 0.863. The average molecular weight is 318 g/mol. The van der Waals surface area contributed by atoms with Crippen LogP contribution in [0.3, 0.4) is 0 Å². The van der Waals surface area contributed by atoms with Gasteiger partial charge in [-0.3, -0.25) is 4.98 Å². The first-order valence-corrected chi connectivity index (χ1v) is 5.86. The van der Waals surface area contributed by atoms with Crippen molar-refractivity contribution in [3.8, 4) is 10.7 Å². The Labute approximate surface area is 99.0 Å². The first-order chi connectivity index (χ1) is 6.81. The molecule has 0 atom stereocenters. The average Bonchev–Trinajstić information content (AvgIpc) is 2.71. The SMILES string of the molecule is CNc1nc(-c2cncs2)ncc1I. The second kappa shape index (κ2) is 4.18. The van der Waals surface area contributed by atoms with E-state index in [-0.39, 0.29) is 0 Å². The predicted octanol–water partition coefficient (Wildman–Crippen LogP) is 2.25. The third kappa shape index (κ3) is 1.85. The van der Waals surface area contributed by atoms with Crippen LogP contribution in [0.1, 0.15) is 0 Å². The second-order valence-electron chi connectivity index (χ2n) is 2.51. The lowest BCUT2D eigenvalue weighted by atomic mass is 10.5. The monoisotopic (exact) mass is 318 g/mol. The van der Waals surface area contributed by atoms with Crippen molar-refractivity contribution in [3.63, 3.8) is 0 Å². The lowest BCUT2D eigenvalue weighted by Crippen LogP contribution is -1.98. The minimum atomic E-state index is 0.720. The Bertz CT molecular complexity index is 429. The van der Waals surface area contributed by atoms with E-state index in [0.29, 0.717) is 0 Å². The van der Waals surface area contributed by atoms with Gasteiger partial charge < -0.3 is 5.32 Å². The van der Waals surface area contributed by atoms with Gasteiger partial charge in [-0.25, -0.2) is 9.97 Å². The van der Waals surface area contributed by atoms with Crippen molar-refractivity contribution in [2.75, 3.05) is 12.4 Å². The Morgan fingerprint density at radius 2 is 2.29 bits per heavy atom. The maximum atomic E-state index is 4.37. The van der Waals surface area contributed by atoms with Gasteiger partial charge in [0.05, 0.1) is 14.0 Å². The summed E-state index contributed by atoms with van der Waals surface area (Å²) < 4.78 is 1.01. The molecule has 6 heteroatoms. The summed E-state index contributed by atoms with van der Waals surface area (Å²) in [5.74, 6) is 1.57. The molecule has 0 amide bonds. The predicted molar refractivity (Wildman–Crippen MR) is 65.4 cm³/mol. The Hall–Kier alpha value is -0.760. The van der Waals surface area contributed by atoms with E-state index >= 15 is 0 Å². The summed E-state index contributed by atoms with van der Waals surface area (Å²) in [6.45, 7) is 0. The molecule has 14 heavy (non-hydrogen) atoms. The van der Waals surface area contributed by atoms with Crippen molar-refractivity contribution < 1.29 is 0 Å². The first-order valence-electron chi connectivity index (χ1n) is 3.90. The Balaban J connectivity index is 2.46. The molecule has 4 nitrogen and oxygen atoms in total. The maximum Gasteiger partial charge on any atom is 0.173 e. The molecule has 0 aromatic carbocycles. The van der Waals surface area contributed by atoms with E-state index in [4.69, 9.17) is 0 Å². The molecule has 0 bridgehead atoms. The minimum absolute atomic E-state index is 0.720. The number of halogens is 1. The molecule has 0 spiro atoms. The fourth-order valence-electron chi connectivity index (χ4n) is 0.987. The highest BCUT2D eigenvalue weighted by molar-refractivity contribution is 14.1. The van der Waals surface area contributed by atoms with Gasteiger partial charge in [-0.1, -0.05) is 0 Å². The lowest BCUT2D eigenvalue weighted by molar-refractivity contribution is 1.15. The van der Waals surface area contributed by atoms with Gasteiger partial charge in [-0.2, -0.15) is 0 Å². The molecule has 0 saturated heterocycles. The second-order valence-corrected chi connectivity index (χ2v) is 4.55. The van der Waals surface area contributed by atoms with Gasteiger partial charge in [0.15, 0.2) is 5.82 Å². The normalized spacial score (nSPS) is 10.1. The Morgan fingerprint density at radius 3 is 2.93 bits per heavy atom. The molecule has 2 heterocycles. The van der Waals surface area contributed by atoms with Crippen molar-refractivity contribution in [1.82, 2.24) is 15.0 Å². The topological polar surface area (TPSA) is 50.7 Å². The van der Waals surface area contributed by atoms with E-state index in [2.05, 4.69) is 42.9 Å². The third-order valence-electron chi connectivity index (χ3n) is 1.63. The molecule has 72 valence electrons. The molecule has 0 saturated carbocycles. The number of nitrogens with zero attached hydrogens (tertiary/aromatic N) is 3. The molecule has 2 rings (SSSR count). The van der Waals surface area contributed by atoms with Crippen LogP contribution in [0.25, 0.3) is 10.7 Å². The van der Waals surface area contributed by atoms with Crippen LogP contribution >= 0.6 is 33.9 Å². The zero-order valence-corrected chi connectivity index (χ0v) is 10.3. The van der Waals surface area contributed by atoms with Gasteiger partial charge in [0, 0.05) is 19.4 Å². The van der Waals surface area contributed by atoms with E-state index < -0.39 is 0 Å². The van der Waals surface area contributed by atoms with Crippen LogP contribution in [-0.4, -0.2) is 22.0 Å². The molecule has 0 fully saturated rings. The molecule has 0 radical (unpaired) electrons. The number of nitrogens with one attached hydrogen (secondary N) is 1.